The average molecular weight is 426 g/mol. The summed E-state index contributed by atoms with van der Waals surface area (Å²) in [6.45, 7) is 1.40. The highest BCUT2D eigenvalue weighted by atomic mass is 35.5. The van der Waals surface area contributed by atoms with Gasteiger partial charge in [0.2, 0.25) is 11.8 Å². The van der Waals surface area contributed by atoms with Gasteiger partial charge in [0.25, 0.3) is 0 Å². The number of benzene rings is 2. The van der Waals surface area contributed by atoms with Gasteiger partial charge in [-0.3, -0.25) is 4.79 Å². The van der Waals surface area contributed by atoms with Crippen LogP contribution in [0.25, 0.3) is 17.3 Å². The van der Waals surface area contributed by atoms with Crippen molar-refractivity contribution < 1.29 is 14.3 Å². The molecule has 3 aromatic rings. The number of hydrogen-bond donors (Lipinski definition) is 0. The van der Waals surface area contributed by atoms with E-state index in [0.717, 1.165) is 5.56 Å². The van der Waals surface area contributed by atoms with Crippen LogP contribution in [0.4, 0.5) is 0 Å². The number of nitrogens with zero attached hydrogens (tertiary/aromatic N) is 3. The van der Waals surface area contributed by atoms with E-state index in [1.54, 1.807) is 24.4 Å². The number of aromatic nitrogens is 2. The smallest absolute Gasteiger partial charge is 0.363 e. The molecule has 0 saturated carbocycles. The van der Waals surface area contributed by atoms with Crippen molar-refractivity contribution in [2.24, 2.45) is 4.99 Å². The Hall–Kier alpha value is -3.22. The number of carbonyl (C=O) groups is 2. The minimum atomic E-state index is -0.624. The SMILES string of the molecule is CC(=O)n1cc(/C=C2\N=C(c3ccc(Cl)cc3Cl)OC2=O)c(-c2ccccc2)n1. The molecule has 0 fully saturated rings. The third-order valence-electron chi connectivity index (χ3n) is 4.19. The van der Waals surface area contributed by atoms with Gasteiger partial charge in [0, 0.05) is 29.3 Å². The molecule has 0 amide bonds. The Balaban J connectivity index is 1.78. The van der Waals surface area contributed by atoms with E-state index in [1.165, 1.54) is 17.7 Å². The van der Waals surface area contributed by atoms with Crippen LogP contribution in [0.2, 0.25) is 10.0 Å². The number of aliphatic imine (C=N–C) groups is 1. The fraction of sp³-hybridized carbons (Fsp3) is 0.0476. The zero-order valence-corrected chi connectivity index (χ0v) is 16.6. The second kappa shape index (κ2) is 7.66. The van der Waals surface area contributed by atoms with Crippen molar-refractivity contribution in [1.82, 2.24) is 9.78 Å². The van der Waals surface area contributed by atoms with Crippen molar-refractivity contribution in [1.29, 1.82) is 0 Å². The van der Waals surface area contributed by atoms with Gasteiger partial charge >= 0.3 is 5.97 Å². The van der Waals surface area contributed by atoms with Crippen LogP contribution in [-0.4, -0.2) is 27.6 Å². The van der Waals surface area contributed by atoms with Gasteiger partial charge in [-0.15, -0.1) is 0 Å². The molecule has 0 saturated heterocycles. The Bertz CT molecular complexity index is 1200. The van der Waals surface area contributed by atoms with E-state index in [9.17, 15) is 9.59 Å². The zero-order valence-electron chi connectivity index (χ0n) is 15.1. The van der Waals surface area contributed by atoms with Gasteiger partial charge in [-0.25, -0.2) is 14.5 Å². The molecule has 1 aromatic heterocycles. The first-order valence-corrected chi connectivity index (χ1v) is 9.32. The molecular formula is C21H13Cl2N3O3. The quantitative estimate of drug-likeness (QED) is 0.443. The lowest BCUT2D eigenvalue weighted by Gasteiger charge is -2.02. The van der Waals surface area contributed by atoms with Crippen molar-refractivity contribution >= 4 is 47.1 Å². The predicted octanol–water partition coefficient (Wildman–Crippen LogP) is 4.86. The highest BCUT2D eigenvalue weighted by molar-refractivity contribution is 6.37. The molecule has 144 valence electrons. The lowest BCUT2D eigenvalue weighted by atomic mass is 10.1. The molecular weight excluding hydrogens is 413 g/mol. The third kappa shape index (κ3) is 3.85. The number of cyclic esters (lactones) is 1. The predicted molar refractivity (Wildman–Crippen MR) is 111 cm³/mol. The lowest BCUT2D eigenvalue weighted by molar-refractivity contribution is -0.129. The second-order valence-electron chi connectivity index (χ2n) is 6.22. The molecule has 8 heteroatoms. The van der Waals surface area contributed by atoms with Crippen LogP contribution in [0.5, 0.6) is 0 Å². The Morgan fingerprint density at radius 1 is 1.14 bits per heavy atom. The average Bonchev–Trinajstić information content (AvgIpc) is 3.27. The molecule has 4 rings (SSSR count). The van der Waals surface area contributed by atoms with Crippen LogP contribution >= 0.6 is 23.2 Å². The summed E-state index contributed by atoms with van der Waals surface area (Å²) in [6.07, 6.45) is 3.08. The number of hydrogen-bond acceptors (Lipinski definition) is 5. The van der Waals surface area contributed by atoms with Gasteiger partial charge in [0.15, 0.2) is 5.70 Å². The van der Waals surface area contributed by atoms with Crippen LogP contribution < -0.4 is 0 Å². The number of ether oxygens (including phenoxy) is 1. The third-order valence-corrected chi connectivity index (χ3v) is 4.73. The molecule has 0 atom stereocenters. The summed E-state index contributed by atoms with van der Waals surface area (Å²) in [4.78, 5) is 28.4. The molecule has 0 spiro atoms. The molecule has 0 N–H and O–H groups in total. The number of rotatable bonds is 3. The number of carbonyl (C=O) groups excluding carboxylic acids is 2. The lowest BCUT2D eigenvalue weighted by Crippen LogP contribution is -2.06. The topological polar surface area (TPSA) is 73.6 Å². The van der Waals surface area contributed by atoms with Crippen molar-refractivity contribution in [3.63, 3.8) is 0 Å². The number of esters is 1. The van der Waals surface area contributed by atoms with E-state index in [2.05, 4.69) is 10.1 Å². The van der Waals surface area contributed by atoms with E-state index in [0.29, 0.717) is 26.9 Å². The molecule has 1 aliphatic heterocycles. The summed E-state index contributed by atoms with van der Waals surface area (Å²) in [5, 5.41) is 5.12. The first-order valence-electron chi connectivity index (χ1n) is 8.56. The van der Waals surface area contributed by atoms with Crippen LogP contribution in [0.3, 0.4) is 0 Å². The molecule has 2 aromatic carbocycles. The maximum atomic E-state index is 12.4. The monoisotopic (exact) mass is 425 g/mol. The van der Waals surface area contributed by atoms with Crippen LogP contribution in [0.1, 0.15) is 22.8 Å². The van der Waals surface area contributed by atoms with Gasteiger partial charge in [-0.05, 0) is 24.3 Å². The van der Waals surface area contributed by atoms with Gasteiger partial charge in [0.1, 0.15) is 5.69 Å². The summed E-state index contributed by atoms with van der Waals surface area (Å²) in [7, 11) is 0. The van der Waals surface area contributed by atoms with E-state index < -0.39 is 5.97 Å². The zero-order chi connectivity index (χ0) is 20.5. The van der Waals surface area contributed by atoms with E-state index >= 15 is 0 Å². The molecule has 0 aliphatic carbocycles. The summed E-state index contributed by atoms with van der Waals surface area (Å²) >= 11 is 12.1. The molecule has 6 nitrogen and oxygen atoms in total. The highest BCUT2D eigenvalue weighted by Gasteiger charge is 2.26. The Labute approximate surface area is 176 Å². The molecule has 2 heterocycles. The van der Waals surface area contributed by atoms with Crippen molar-refractivity contribution in [3.05, 3.63) is 81.6 Å². The Morgan fingerprint density at radius 2 is 1.90 bits per heavy atom. The normalized spacial score (nSPS) is 14.8. The molecule has 0 unspecified atom stereocenters. The standard InChI is InChI=1S/C21H13Cl2N3O3/c1-12(27)26-11-14(19(25-26)13-5-3-2-4-6-13)9-18-21(28)29-20(24-18)16-8-7-15(22)10-17(16)23/h2-11H,1H3/b18-9-. The molecule has 0 bridgehead atoms. The Morgan fingerprint density at radius 3 is 2.59 bits per heavy atom. The maximum Gasteiger partial charge on any atom is 0.363 e. The number of halogens is 2. The molecule has 0 radical (unpaired) electrons. The fourth-order valence-corrected chi connectivity index (χ4v) is 3.30. The van der Waals surface area contributed by atoms with Crippen molar-refractivity contribution in [2.45, 2.75) is 6.92 Å². The van der Waals surface area contributed by atoms with E-state index in [4.69, 9.17) is 27.9 Å². The van der Waals surface area contributed by atoms with Gasteiger partial charge < -0.3 is 4.74 Å². The summed E-state index contributed by atoms with van der Waals surface area (Å²) in [5.41, 5.74) is 2.44. The highest BCUT2D eigenvalue weighted by Crippen LogP contribution is 2.28. The first kappa shape index (κ1) is 19.1. The molecule has 1 aliphatic rings. The van der Waals surface area contributed by atoms with Gasteiger partial charge in [-0.1, -0.05) is 53.5 Å². The maximum absolute atomic E-state index is 12.4. The van der Waals surface area contributed by atoms with Crippen LogP contribution in [-0.2, 0) is 9.53 Å². The first-order chi connectivity index (χ1) is 13.9. The summed E-state index contributed by atoms with van der Waals surface area (Å²) in [5.74, 6) is -0.790. The molecule has 29 heavy (non-hydrogen) atoms. The Kier molecular flexibility index (Phi) is 5.05. The minimum Gasteiger partial charge on any atom is -0.402 e. The van der Waals surface area contributed by atoms with Crippen molar-refractivity contribution in [3.8, 4) is 11.3 Å². The minimum absolute atomic E-state index is 0.0753. The second-order valence-corrected chi connectivity index (χ2v) is 7.07. The van der Waals surface area contributed by atoms with Gasteiger partial charge in [0.05, 0.1) is 10.6 Å². The van der Waals surface area contributed by atoms with Gasteiger partial charge in [-0.2, -0.15) is 5.10 Å². The van der Waals surface area contributed by atoms with Crippen LogP contribution in [0.15, 0.2) is 65.4 Å². The van der Waals surface area contributed by atoms with Crippen molar-refractivity contribution in [2.75, 3.05) is 0 Å². The summed E-state index contributed by atoms with van der Waals surface area (Å²) < 4.78 is 6.49. The van der Waals surface area contributed by atoms with Crippen LogP contribution in [0, 0.1) is 0 Å². The fourth-order valence-electron chi connectivity index (χ4n) is 2.81. The summed E-state index contributed by atoms with van der Waals surface area (Å²) in [6, 6.07) is 14.1. The largest absolute Gasteiger partial charge is 0.402 e. The van der Waals surface area contributed by atoms with E-state index in [-0.39, 0.29) is 17.5 Å². The van der Waals surface area contributed by atoms with E-state index in [1.807, 2.05) is 30.3 Å².